The fourth-order valence-electron chi connectivity index (χ4n) is 4.94. The van der Waals surface area contributed by atoms with Gasteiger partial charge in [0.15, 0.2) is 5.83 Å². The number of aliphatic hydroxyl groups is 1. The summed E-state index contributed by atoms with van der Waals surface area (Å²) in [7, 11) is 1.31. The first kappa shape index (κ1) is 32.8. The first-order valence-electron chi connectivity index (χ1n) is 12.7. The molecule has 0 radical (unpaired) electrons. The number of rotatable bonds is 7. The summed E-state index contributed by atoms with van der Waals surface area (Å²) in [5, 5.41) is 9.66. The minimum atomic E-state index is -6.34. The van der Waals surface area contributed by atoms with E-state index in [0.717, 1.165) is 23.6 Å². The fraction of sp³-hybridized carbons (Fsp3) is 0.379. The van der Waals surface area contributed by atoms with Gasteiger partial charge < -0.3 is 14.9 Å². The number of benzene rings is 2. The van der Waals surface area contributed by atoms with Crippen LogP contribution in [-0.2, 0) is 10.5 Å². The molecule has 1 atom stereocenters. The number of halogens is 8. The summed E-state index contributed by atoms with van der Waals surface area (Å²) >= 11 is 0. The van der Waals surface area contributed by atoms with E-state index >= 15 is 4.39 Å². The van der Waals surface area contributed by atoms with Gasteiger partial charge in [0.05, 0.1) is 17.9 Å². The summed E-state index contributed by atoms with van der Waals surface area (Å²) in [5.41, 5.74) is -8.73. The maximum atomic E-state index is 15.9. The van der Waals surface area contributed by atoms with Gasteiger partial charge in [-0.2, -0.15) is 26.3 Å². The van der Waals surface area contributed by atoms with Gasteiger partial charge in [-0.25, -0.2) is 8.78 Å². The first-order valence-corrected chi connectivity index (χ1v) is 12.7. The van der Waals surface area contributed by atoms with E-state index < -0.39 is 65.9 Å². The van der Waals surface area contributed by atoms with Gasteiger partial charge in [-0.1, -0.05) is 43.3 Å². The van der Waals surface area contributed by atoms with E-state index in [2.05, 4.69) is 0 Å². The molecule has 13 heteroatoms. The highest BCUT2D eigenvalue weighted by atomic mass is 19.4. The zero-order valence-electron chi connectivity index (χ0n) is 23.0. The molecule has 2 aromatic carbocycles. The predicted octanol–water partition coefficient (Wildman–Crippen LogP) is 6.84. The van der Waals surface area contributed by atoms with Crippen LogP contribution in [0.2, 0.25) is 0 Å². The van der Waals surface area contributed by atoms with Crippen molar-refractivity contribution in [2.75, 3.05) is 25.1 Å². The van der Waals surface area contributed by atoms with E-state index in [9.17, 15) is 45.4 Å². The molecule has 1 aliphatic rings. The summed E-state index contributed by atoms with van der Waals surface area (Å²) in [4.78, 5) is 28.5. The standard InChI is InChI=1S/C29H28F8N2O3/c1-16-12-21(23(30)22(13-16)38(4)25(41)19-8-6-5-7-9-19)26(42)39(10-11-40)24-17(2)14-20(15-18(24)3)27(31,28(32,33)34)29(35,36)37/h5-9,13-16,40H,10-12H2,1-4H3. The third-order valence-electron chi connectivity index (χ3n) is 6.91. The number of alkyl halides is 7. The van der Waals surface area contributed by atoms with E-state index in [0.29, 0.717) is 12.1 Å². The van der Waals surface area contributed by atoms with Crippen molar-refractivity contribution in [1.29, 1.82) is 0 Å². The van der Waals surface area contributed by atoms with E-state index in [1.165, 1.54) is 25.3 Å². The summed E-state index contributed by atoms with van der Waals surface area (Å²) in [6.07, 6.45) is -11.4. The average molecular weight is 605 g/mol. The molecule has 1 unspecified atom stereocenters. The van der Waals surface area contributed by atoms with E-state index in [-0.39, 0.29) is 34.5 Å². The second kappa shape index (κ2) is 11.9. The molecule has 2 aromatic rings. The predicted molar refractivity (Wildman–Crippen MR) is 139 cm³/mol. The van der Waals surface area contributed by atoms with Crippen molar-refractivity contribution >= 4 is 17.5 Å². The van der Waals surface area contributed by atoms with Crippen LogP contribution in [0.15, 0.2) is 65.6 Å². The summed E-state index contributed by atoms with van der Waals surface area (Å²) < 4.78 is 111. The molecule has 2 amide bonds. The van der Waals surface area contributed by atoms with Crippen LogP contribution in [0.5, 0.6) is 0 Å². The highest BCUT2D eigenvalue weighted by Crippen LogP contribution is 2.54. The second-order valence-electron chi connectivity index (χ2n) is 10.0. The molecule has 0 aromatic heterocycles. The molecule has 228 valence electrons. The Balaban J connectivity index is 2.10. The van der Waals surface area contributed by atoms with Gasteiger partial charge in [0.1, 0.15) is 0 Å². The van der Waals surface area contributed by atoms with Crippen molar-refractivity contribution in [1.82, 2.24) is 4.90 Å². The van der Waals surface area contributed by atoms with Gasteiger partial charge in [-0.3, -0.25) is 9.59 Å². The molecule has 0 spiro atoms. The van der Waals surface area contributed by atoms with Crippen LogP contribution in [0.3, 0.4) is 0 Å². The number of aliphatic hydroxyl groups excluding tert-OH is 1. The smallest absolute Gasteiger partial charge is 0.395 e. The lowest BCUT2D eigenvalue weighted by Gasteiger charge is -2.33. The van der Waals surface area contributed by atoms with Gasteiger partial charge in [-0.05, 0) is 49.4 Å². The van der Waals surface area contributed by atoms with Gasteiger partial charge in [0, 0.05) is 30.4 Å². The molecule has 5 nitrogen and oxygen atoms in total. The maximum absolute atomic E-state index is 15.9. The van der Waals surface area contributed by atoms with Crippen LogP contribution in [0, 0.1) is 19.8 Å². The van der Waals surface area contributed by atoms with Gasteiger partial charge in [0.2, 0.25) is 0 Å². The molecule has 0 bridgehead atoms. The molecule has 1 N–H and O–H groups in total. The van der Waals surface area contributed by atoms with Gasteiger partial charge in [-0.15, -0.1) is 0 Å². The Morgan fingerprint density at radius 1 is 0.929 bits per heavy atom. The SMILES string of the molecule is Cc1cc(C(F)(C(F)(F)F)C(F)(F)F)cc(C)c1N(CCO)C(=O)C1=C(F)C(N(C)C(=O)c2ccccc2)=CC(C)C1. The van der Waals surface area contributed by atoms with Crippen molar-refractivity contribution in [3.05, 3.63) is 87.9 Å². The van der Waals surface area contributed by atoms with Crippen molar-refractivity contribution in [3.8, 4) is 0 Å². The highest BCUT2D eigenvalue weighted by molar-refractivity contribution is 6.07. The van der Waals surface area contributed by atoms with E-state index in [1.807, 2.05) is 0 Å². The summed E-state index contributed by atoms with van der Waals surface area (Å²) in [6.45, 7) is 2.58. The summed E-state index contributed by atoms with van der Waals surface area (Å²) in [6, 6.07) is 8.59. The number of carbonyl (C=O) groups excluding carboxylic acids is 2. The number of hydrogen-bond donors (Lipinski definition) is 1. The Bertz CT molecular complexity index is 1380. The Kier molecular flexibility index (Phi) is 9.26. The lowest BCUT2D eigenvalue weighted by molar-refractivity contribution is -0.348. The minimum Gasteiger partial charge on any atom is -0.395 e. The van der Waals surface area contributed by atoms with Gasteiger partial charge in [0.25, 0.3) is 11.8 Å². The van der Waals surface area contributed by atoms with Crippen LogP contribution in [-0.4, -0.2) is 54.4 Å². The van der Waals surface area contributed by atoms with Crippen LogP contribution in [0.1, 0.15) is 40.4 Å². The van der Waals surface area contributed by atoms with Crippen LogP contribution >= 0.6 is 0 Å². The van der Waals surface area contributed by atoms with Crippen molar-refractivity contribution in [3.63, 3.8) is 0 Å². The number of likely N-dealkylation sites (N-methyl/N-ethyl adjacent to an activating group) is 1. The molecule has 0 aliphatic heterocycles. The highest BCUT2D eigenvalue weighted by Gasteiger charge is 2.73. The van der Waals surface area contributed by atoms with Crippen LogP contribution in [0.25, 0.3) is 0 Å². The lowest BCUT2D eigenvalue weighted by Crippen LogP contribution is -2.50. The number of hydrogen-bond acceptors (Lipinski definition) is 3. The minimum absolute atomic E-state index is 0.157. The normalized spacial score (nSPS) is 16.3. The number of carbonyl (C=O) groups is 2. The Labute approximate surface area is 236 Å². The number of aryl methyl sites for hydroxylation is 2. The lowest BCUT2D eigenvalue weighted by atomic mass is 9.89. The van der Waals surface area contributed by atoms with Crippen molar-refractivity contribution in [2.24, 2.45) is 5.92 Å². The summed E-state index contributed by atoms with van der Waals surface area (Å²) in [5.74, 6) is -3.12. The molecule has 1 aliphatic carbocycles. The number of amides is 2. The number of allylic oxidation sites excluding steroid dienone is 2. The number of nitrogens with zero attached hydrogens (tertiary/aromatic N) is 2. The second-order valence-corrected chi connectivity index (χ2v) is 10.0. The quantitative estimate of drug-likeness (QED) is 0.353. The van der Waals surface area contributed by atoms with E-state index in [1.54, 1.807) is 25.1 Å². The third kappa shape index (κ3) is 5.92. The molecule has 0 saturated carbocycles. The third-order valence-corrected chi connectivity index (χ3v) is 6.91. The van der Waals surface area contributed by atoms with Crippen LogP contribution < -0.4 is 4.90 Å². The Hall–Kier alpha value is -3.74. The zero-order chi connectivity index (χ0) is 31.8. The zero-order valence-corrected chi connectivity index (χ0v) is 23.0. The fourth-order valence-corrected chi connectivity index (χ4v) is 4.94. The molecule has 0 saturated heterocycles. The molecule has 42 heavy (non-hydrogen) atoms. The van der Waals surface area contributed by atoms with E-state index in [4.69, 9.17) is 0 Å². The molecule has 0 heterocycles. The topological polar surface area (TPSA) is 60.9 Å². The van der Waals surface area contributed by atoms with Crippen molar-refractivity contribution in [2.45, 2.75) is 45.2 Å². The Morgan fingerprint density at radius 3 is 1.93 bits per heavy atom. The van der Waals surface area contributed by atoms with Gasteiger partial charge >= 0.3 is 18.0 Å². The number of anilines is 1. The monoisotopic (exact) mass is 604 g/mol. The van der Waals surface area contributed by atoms with Crippen LogP contribution in [0.4, 0.5) is 40.8 Å². The molecule has 0 fully saturated rings. The Morgan fingerprint density at radius 2 is 1.45 bits per heavy atom. The molecular weight excluding hydrogens is 576 g/mol. The molecule has 3 rings (SSSR count). The van der Waals surface area contributed by atoms with Crippen molar-refractivity contribution < 1.29 is 49.8 Å². The average Bonchev–Trinajstić information content (AvgIpc) is 2.90. The largest absolute Gasteiger partial charge is 0.435 e. The molecular formula is C29H28F8N2O3. The maximum Gasteiger partial charge on any atom is 0.435 e. The first-order chi connectivity index (χ1) is 19.4.